The highest BCUT2D eigenvalue weighted by Crippen LogP contribution is 2.67. The maximum atomic E-state index is 11.9. The molecule has 0 amide bonds. The molecule has 0 aliphatic rings. The molecule has 0 aliphatic carbocycles. The van der Waals surface area contributed by atoms with E-state index in [-0.39, 0.29) is 5.66 Å². The van der Waals surface area contributed by atoms with Crippen LogP contribution in [0.15, 0.2) is 121 Å². The summed E-state index contributed by atoms with van der Waals surface area (Å²) < 4.78 is 0. The van der Waals surface area contributed by atoms with Crippen molar-refractivity contribution in [1.29, 1.82) is 0 Å². The lowest BCUT2D eigenvalue weighted by Gasteiger charge is -2.34. The molecular weight excluding hydrogens is 371 g/mol. The van der Waals surface area contributed by atoms with Crippen molar-refractivity contribution in [3.63, 3.8) is 0 Å². The van der Waals surface area contributed by atoms with Crippen molar-refractivity contribution in [2.45, 2.75) is 12.1 Å². The van der Waals surface area contributed by atoms with Crippen LogP contribution < -0.4 is 15.9 Å². The molecule has 2 heteroatoms. The second-order valence-corrected chi connectivity index (χ2v) is 10.7. The largest absolute Gasteiger partial charge is 0.303 e. The van der Waals surface area contributed by atoms with E-state index >= 15 is 0 Å². The summed E-state index contributed by atoms with van der Waals surface area (Å²) in [7, 11) is -2.13. The quantitative estimate of drug-likeness (QED) is 0.306. The zero-order chi connectivity index (χ0) is 19.9. The van der Waals surface area contributed by atoms with Crippen LogP contribution in [0.2, 0.25) is 0 Å². The number of rotatable bonds is 7. The van der Waals surface area contributed by atoms with E-state index in [1.54, 1.807) is 0 Å². The summed E-state index contributed by atoms with van der Waals surface area (Å²) >= 11 is 0. The summed E-state index contributed by atoms with van der Waals surface area (Å²) in [5.41, 5.74) is 1.29. The van der Waals surface area contributed by atoms with Gasteiger partial charge in [0.15, 0.2) is 0 Å². The van der Waals surface area contributed by atoms with Gasteiger partial charge in [0, 0.05) is 6.42 Å². The lowest BCUT2D eigenvalue weighted by atomic mass is 10.1. The summed E-state index contributed by atoms with van der Waals surface area (Å²) in [5, 5.41) is 3.90. The van der Waals surface area contributed by atoms with Gasteiger partial charge in [-0.3, -0.25) is 0 Å². The molecule has 0 spiro atoms. The normalized spacial score (nSPS) is 12.3. The molecule has 0 radical (unpaired) electrons. The molecule has 29 heavy (non-hydrogen) atoms. The van der Waals surface area contributed by atoms with E-state index in [0.29, 0.717) is 6.42 Å². The first-order valence-electron chi connectivity index (χ1n) is 9.91. The lowest BCUT2D eigenvalue weighted by Crippen LogP contribution is -2.35. The SMILES string of the molecule is O=CCC(c1ccccc1)[P+](c1ccccc1)(c1ccccc1)c1ccccc1. The molecule has 0 aromatic heterocycles. The van der Waals surface area contributed by atoms with E-state index in [9.17, 15) is 4.79 Å². The average Bonchev–Trinajstić information content (AvgIpc) is 2.82. The average molecular weight is 395 g/mol. The van der Waals surface area contributed by atoms with Gasteiger partial charge in [0.1, 0.15) is 35.1 Å². The monoisotopic (exact) mass is 395 g/mol. The summed E-state index contributed by atoms with van der Waals surface area (Å²) in [5.74, 6) is 0. The number of carbonyl (C=O) groups is 1. The Kier molecular flexibility index (Phi) is 5.98. The van der Waals surface area contributed by atoms with Gasteiger partial charge in [0.05, 0.1) is 0 Å². The molecule has 0 saturated carbocycles. The minimum absolute atomic E-state index is 0.0772. The minimum Gasteiger partial charge on any atom is -0.303 e. The molecule has 4 rings (SSSR count). The van der Waals surface area contributed by atoms with Crippen LogP contribution in [-0.2, 0) is 4.79 Å². The van der Waals surface area contributed by atoms with Crippen molar-refractivity contribution in [2.24, 2.45) is 0 Å². The number of carbonyl (C=O) groups excluding carboxylic acids is 1. The van der Waals surface area contributed by atoms with E-state index in [4.69, 9.17) is 0 Å². The molecule has 0 fully saturated rings. The molecular formula is C27H24OP+. The fourth-order valence-electron chi connectivity index (χ4n) is 4.26. The first-order valence-corrected chi connectivity index (χ1v) is 11.8. The predicted octanol–water partition coefficient (Wildman–Crippen LogP) is 5.31. The van der Waals surface area contributed by atoms with E-state index in [2.05, 4.69) is 115 Å². The van der Waals surface area contributed by atoms with Crippen molar-refractivity contribution >= 4 is 29.5 Å². The Bertz CT molecular complexity index is 934. The molecule has 0 aliphatic heterocycles. The Morgan fingerprint density at radius 1 is 0.552 bits per heavy atom. The van der Waals surface area contributed by atoms with E-state index in [1.165, 1.54) is 21.5 Å². The summed E-state index contributed by atoms with van der Waals surface area (Å²) in [6.07, 6.45) is 1.57. The zero-order valence-electron chi connectivity index (χ0n) is 16.3. The molecule has 1 atom stereocenters. The predicted molar refractivity (Wildman–Crippen MR) is 125 cm³/mol. The van der Waals surface area contributed by atoms with Crippen molar-refractivity contribution in [3.8, 4) is 0 Å². The zero-order valence-corrected chi connectivity index (χ0v) is 17.2. The Morgan fingerprint density at radius 3 is 1.24 bits per heavy atom. The lowest BCUT2D eigenvalue weighted by molar-refractivity contribution is -0.107. The summed E-state index contributed by atoms with van der Waals surface area (Å²) in [6, 6.07) is 42.7. The summed E-state index contributed by atoms with van der Waals surface area (Å²) in [6.45, 7) is 0. The van der Waals surface area contributed by atoms with Crippen LogP contribution in [0.4, 0.5) is 0 Å². The standard InChI is InChI=1S/C27H24OP/c28-22-21-27(23-13-5-1-6-14-23)29(24-15-7-2-8-16-24,25-17-9-3-10-18-25)26-19-11-4-12-20-26/h1-20,22,27H,21H2/q+1. The van der Waals surface area contributed by atoms with Crippen molar-refractivity contribution in [1.82, 2.24) is 0 Å². The Hall–Kier alpha value is -3.02. The first-order chi connectivity index (χ1) is 14.4. The van der Waals surface area contributed by atoms with Crippen molar-refractivity contribution < 1.29 is 4.79 Å². The Balaban J connectivity index is 2.11. The number of hydrogen-bond acceptors (Lipinski definition) is 1. The fourth-order valence-corrected chi connectivity index (χ4v) is 9.18. The van der Waals surface area contributed by atoms with Gasteiger partial charge in [0.2, 0.25) is 0 Å². The van der Waals surface area contributed by atoms with Gasteiger partial charge in [0.25, 0.3) is 0 Å². The van der Waals surface area contributed by atoms with Gasteiger partial charge < -0.3 is 4.79 Å². The van der Waals surface area contributed by atoms with E-state index in [1.807, 2.05) is 6.07 Å². The van der Waals surface area contributed by atoms with Gasteiger partial charge >= 0.3 is 0 Å². The molecule has 142 valence electrons. The third-order valence-electron chi connectivity index (χ3n) is 5.46. The molecule has 0 saturated heterocycles. The Labute approximate surface area is 173 Å². The third-order valence-corrected chi connectivity index (χ3v) is 10.2. The van der Waals surface area contributed by atoms with Crippen LogP contribution in [0.5, 0.6) is 0 Å². The van der Waals surface area contributed by atoms with Crippen LogP contribution in [0.3, 0.4) is 0 Å². The highest BCUT2D eigenvalue weighted by molar-refractivity contribution is 7.96. The van der Waals surface area contributed by atoms with Crippen LogP contribution in [0.25, 0.3) is 0 Å². The molecule has 0 heterocycles. The highest BCUT2D eigenvalue weighted by Gasteiger charge is 2.52. The highest BCUT2D eigenvalue weighted by atomic mass is 31.2. The van der Waals surface area contributed by atoms with Crippen LogP contribution in [0.1, 0.15) is 17.6 Å². The van der Waals surface area contributed by atoms with Gasteiger partial charge in [-0.25, -0.2) is 0 Å². The van der Waals surface area contributed by atoms with Gasteiger partial charge in [-0.2, -0.15) is 0 Å². The van der Waals surface area contributed by atoms with Crippen LogP contribution >= 0.6 is 7.26 Å². The van der Waals surface area contributed by atoms with Gasteiger partial charge in [-0.15, -0.1) is 0 Å². The number of aldehydes is 1. The molecule has 1 unspecified atom stereocenters. The first kappa shape index (κ1) is 19.3. The van der Waals surface area contributed by atoms with Gasteiger partial charge in [-0.1, -0.05) is 84.9 Å². The number of benzene rings is 4. The van der Waals surface area contributed by atoms with Crippen molar-refractivity contribution in [2.75, 3.05) is 0 Å². The Morgan fingerprint density at radius 2 is 0.897 bits per heavy atom. The topological polar surface area (TPSA) is 17.1 Å². The maximum Gasteiger partial charge on any atom is 0.124 e. The smallest absolute Gasteiger partial charge is 0.124 e. The molecule has 1 nitrogen and oxygen atoms in total. The molecule has 0 bridgehead atoms. The van der Waals surface area contributed by atoms with Crippen LogP contribution in [-0.4, -0.2) is 6.29 Å². The third kappa shape index (κ3) is 3.67. The molecule has 0 N–H and O–H groups in total. The van der Waals surface area contributed by atoms with Gasteiger partial charge in [-0.05, 0) is 42.0 Å². The molecule has 4 aromatic rings. The van der Waals surface area contributed by atoms with Crippen molar-refractivity contribution in [3.05, 3.63) is 127 Å². The second-order valence-electron chi connectivity index (χ2n) is 7.06. The second kappa shape index (κ2) is 8.99. The summed E-state index contributed by atoms with van der Waals surface area (Å²) in [4.78, 5) is 11.9. The number of hydrogen-bond donors (Lipinski definition) is 0. The van der Waals surface area contributed by atoms with Crippen LogP contribution in [0, 0.1) is 0 Å². The fraction of sp³-hybridized carbons (Fsp3) is 0.0741. The minimum atomic E-state index is -2.13. The van der Waals surface area contributed by atoms with E-state index in [0.717, 1.165) is 6.29 Å². The molecule has 4 aromatic carbocycles. The maximum absolute atomic E-state index is 11.9. The van der Waals surface area contributed by atoms with E-state index < -0.39 is 7.26 Å².